The highest BCUT2D eigenvalue weighted by molar-refractivity contribution is 7.20. The van der Waals surface area contributed by atoms with Crippen LogP contribution in [0.25, 0.3) is 10.2 Å². The summed E-state index contributed by atoms with van der Waals surface area (Å²) >= 11 is 1.38. The number of benzene rings is 1. The molecule has 27 heavy (non-hydrogen) atoms. The number of aryl methyl sites for hydroxylation is 3. The Morgan fingerprint density at radius 3 is 2.26 bits per heavy atom. The minimum atomic E-state index is -0.296. The van der Waals surface area contributed by atoms with E-state index in [1.807, 2.05) is 20.8 Å². The lowest BCUT2D eigenvalue weighted by Crippen LogP contribution is -2.24. The zero-order valence-corrected chi connectivity index (χ0v) is 16.5. The fourth-order valence-corrected chi connectivity index (χ4v) is 3.93. The Morgan fingerprint density at radius 2 is 1.67 bits per heavy atom. The summed E-state index contributed by atoms with van der Waals surface area (Å²) in [5, 5.41) is 9.00. The van der Waals surface area contributed by atoms with Crippen LogP contribution in [-0.2, 0) is 6.42 Å². The van der Waals surface area contributed by atoms with Crippen LogP contribution in [0.15, 0.2) is 24.3 Å². The van der Waals surface area contributed by atoms with E-state index in [1.54, 1.807) is 31.3 Å². The van der Waals surface area contributed by atoms with Crippen molar-refractivity contribution in [1.29, 1.82) is 0 Å². The molecule has 0 unspecified atom stereocenters. The van der Waals surface area contributed by atoms with Crippen molar-refractivity contribution in [3.63, 3.8) is 0 Å². The summed E-state index contributed by atoms with van der Waals surface area (Å²) in [6.07, 6.45) is 0.756. The standard InChI is InChI=1S/C19H21N5O2S/c1-5-14-21-11(3)15-10(2)16(27-18(15)24-14)17(25)22-12-6-8-13(9-7-12)23-19(26)20-4/h6-9H,5H2,1-4H3,(H,22,25)(H2,20,23,26). The molecule has 0 atom stereocenters. The van der Waals surface area contributed by atoms with Gasteiger partial charge in [-0.15, -0.1) is 11.3 Å². The zero-order valence-electron chi connectivity index (χ0n) is 15.6. The minimum absolute atomic E-state index is 0.181. The van der Waals surface area contributed by atoms with Crippen molar-refractivity contribution in [3.05, 3.63) is 46.2 Å². The quantitative estimate of drug-likeness (QED) is 0.637. The normalized spacial score (nSPS) is 10.7. The third kappa shape index (κ3) is 3.90. The van der Waals surface area contributed by atoms with E-state index in [2.05, 4.69) is 25.9 Å². The number of aromatic nitrogens is 2. The largest absolute Gasteiger partial charge is 0.341 e. The van der Waals surface area contributed by atoms with E-state index < -0.39 is 0 Å². The van der Waals surface area contributed by atoms with Gasteiger partial charge in [0.05, 0.1) is 4.88 Å². The van der Waals surface area contributed by atoms with Crippen molar-refractivity contribution < 1.29 is 9.59 Å². The second kappa shape index (κ2) is 7.71. The van der Waals surface area contributed by atoms with Crippen LogP contribution in [-0.4, -0.2) is 29.0 Å². The molecule has 0 spiro atoms. The fourth-order valence-electron chi connectivity index (χ4n) is 2.79. The summed E-state index contributed by atoms with van der Waals surface area (Å²) in [6, 6.07) is 6.64. The highest BCUT2D eigenvalue weighted by Crippen LogP contribution is 2.32. The highest BCUT2D eigenvalue weighted by Gasteiger charge is 2.19. The molecular weight excluding hydrogens is 362 g/mol. The van der Waals surface area contributed by atoms with Gasteiger partial charge >= 0.3 is 6.03 Å². The van der Waals surface area contributed by atoms with Gasteiger partial charge in [-0.3, -0.25) is 4.79 Å². The zero-order chi connectivity index (χ0) is 19.6. The number of hydrogen-bond donors (Lipinski definition) is 3. The number of rotatable bonds is 4. The first-order valence-electron chi connectivity index (χ1n) is 8.59. The van der Waals surface area contributed by atoms with Gasteiger partial charge in [0, 0.05) is 35.9 Å². The van der Waals surface area contributed by atoms with Crippen LogP contribution in [0.4, 0.5) is 16.2 Å². The number of anilines is 2. The van der Waals surface area contributed by atoms with E-state index in [0.717, 1.165) is 33.7 Å². The highest BCUT2D eigenvalue weighted by atomic mass is 32.1. The average Bonchev–Trinajstić information content (AvgIpc) is 3.00. The maximum absolute atomic E-state index is 12.8. The Bertz CT molecular complexity index is 1010. The maximum atomic E-state index is 12.8. The Hall–Kier alpha value is -3.00. The molecule has 0 bridgehead atoms. The number of thiophene rings is 1. The van der Waals surface area contributed by atoms with Crippen LogP contribution >= 0.6 is 11.3 Å². The number of nitrogens with one attached hydrogen (secondary N) is 3. The smallest absolute Gasteiger partial charge is 0.318 e. The second-order valence-electron chi connectivity index (χ2n) is 6.05. The molecule has 8 heteroatoms. The molecule has 0 saturated carbocycles. The van der Waals surface area contributed by atoms with E-state index in [-0.39, 0.29) is 11.9 Å². The summed E-state index contributed by atoms with van der Waals surface area (Å²) in [5.74, 6) is 0.604. The number of nitrogens with zero attached hydrogens (tertiary/aromatic N) is 2. The molecular formula is C19H21N5O2S. The first-order valence-corrected chi connectivity index (χ1v) is 9.41. The van der Waals surface area contributed by atoms with Crippen LogP contribution in [0.5, 0.6) is 0 Å². The molecule has 0 saturated heterocycles. The third-order valence-corrected chi connectivity index (χ3v) is 5.35. The van der Waals surface area contributed by atoms with E-state index >= 15 is 0 Å². The topological polar surface area (TPSA) is 96.0 Å². The van der Waals surface area contributed by atoms with Crippen molar-refractivity contribution in [3.8, 4) is 0 Å². The van der Waals surface area contributed by atoms with Crippen LogP contribution in [0.1, 0.15) is 33.7 Å². The number of fused-ring (bicyclic) bond motifs is 1. The molecule has 0 radical (unpaired) electrons. The molecule has 3 amide bonds. The van der Waals surface area contributed by atoms with Crippen molar-refractivity contribution in [1.82, 2.24) is 15.3 Å². The number of urea groups is 1. The van der Waals surface area contributed by atoms with Crippen molar-refractivity contribution in [2.24, 2.45) is 0 Å². The number of amides is 3. The molecule has 3 N–H and O–H groups in total. The Kier molecular flexibility index (Phi) is 5.36. The van der Waals surface area contributed by atoms with Gasteiger partial charge in [0.1, 0.15) is 10.7 Å². The van der Waals surface area contributed by atoms with E-state index in [4.69, 9.17) is 0 Å². The van der Waals surface area contributed by atoms with E-state index in [1.165, 1.54) is 11.3 Å². The predicted octanol–water partition coefficient (Wildman–Crippen LogP) is 3.87. The summed E-state index contributed by atoms with van der Waals surface area (Å²) in [4.78, 5) is 34.6. The SMILES string of the molecule is CCc1nc(C)c2c(C)c(C(=O)Nc3ccc(NC(=O)NC)cc3)sc2n1. The molecule has 0 fully saturated rings. The number of hydrogen-bond acceptors (Lipinski definition) is 5. The first-order chi connectivity index (χ1) is 12.9. The molecule has 0 aliphatic carbocycles. The molecule has 2 heterocycles. The molecule has 3 rings (SSSR count). The average molecular weight is 383 g/mol. The lowest BCUT2D eigenvalue weighted by atomic mass is 10.1. The van der Waals surface area contributed by atoms with Gasteiger partial charge in [0.25, 0.3) is 5.91 Å². The predicted molar refractivity (Wildman–Crippen MR) is 109 cm³/mol. The number of carbonyl (C=O) groups is 2. The lowest BCUT2D eigenvalue weighted by Gasteiger charge is -2.07. The Morgan fingerprint density at radius 1 is 1.04 bits per heavy atom. The van der Waals surface area contributed by atoms with Gasteiger partial charge in [-0.2, -0.15) is 0 Å². The Balaban J connectivity index is 1.83. The second-order valence-corrected chi connectivity index (χ2v) is 7.05. The summed E-state index contributed by atoms with van der Waals surface area (Å²) < 4.78 is 0. The molecule has 0 aliphatic heterocycles. The molecule has 7 nitrogen and oxygen atoms in total. The summed E-state index contributed by atoms with van der Waals surface area (Å²) in [6.45, 7) is 5.88. The summed E-state index contributed by atoms with van der Waals surface area (Å²) in [7, 11) is 1.55. The monoisotopic (exact) mass is 383 g/mol. The van der Waals surface area contributed by atoms with Gasteiger partial charge in [-0.05, 0) is 43.7 Å². The van der Waals surface area contributed by atoms with E-state index in [9.17, 15) is 9.59 Å². The molecule has 1 aromatic carbocycles. The van der Waals surface area contributed by atoms with Crippen LogP contribution in [0.2, 0.25) is 0 Å². The van der Waals surface area contributed by atoms with Gasteiger partial charge in [0.2, 0.25) is 0 Å². The third-order valence-electron chi connectivity index (χ3n) is 4.17. The van der Waals surface area contributed by atoms with Crippen LogP contribution in [0.3, 0.4) is 0 Å². The lowest BCUT2D eigenvalue weighted by molar-refractivity contribution is 0.103. The fraction of sp³-hybridized carbons (Fsp3) is 0.263. The molecule has 3 aromatic rings. The van der Waals surface area contributed by atoms with Gasteiger partial charge in [-0.1, -0.05) is 6.92 Å². The van der Waals surface area contributed by atoms with E-state index in [0.29, 0.717) is 16.3 Å². The molecule has 2 aromatic heterocycles. The van der Waals surface area contributed by atoms with Crippen molar-refractivity contribution >= 4 is 44.9 Å². The Labute approximate surface area is 161 Å². The molecule has 140 valence electrons. The van der Waals surface area contributed by atoms with Crippen LogP contribution < -0.4 is 16.0 Å². The van der Waals surface area contributed by atoms with Gasteiger partial charge < -0.3 is 16.0 Å². The maximum Gasteiger partial charge on any atom is 0.318 e. The summed E-state index contributed by atoms with van der Waals surface area (Å²) in [5.41, 5.74) is 3.08. The molecule has 0 aliphatic rings. The van der Waals surface area contributed by atoms with Crippen LogP contribution in [0, 0.1) is 13.8 Å². The number of carbonyl (C=O) groups excluding carboxylic acids is 2. The van der Waals surface area contributed by atoms with Crippen molar-refractivity contribution in [2.45, 2.75) is 27.2 Å². The minimum Gasteiger partial charge on any atom is -0.341 e. The first kappa shape index (κ1) is 18.8. The van der Waals surface area contributed by atoms with Gasteiger partial charge in [-0.25, -0.2) is 14.8 Å². The van der Waals surface area contributed by atoms with Crippen molar-refractivity contribution in [2.75, 3.05) is 17.7 Å². The van der Waals surface area contributed by atoms with Gasteiger partial charge in [0.15, 0.2) is 0 Å².